The van der Waals surface area contributed by atoms with Crippen molar-refractivity contribution in [1.29, 1.82) is 0 Å². The second kappa shape index (κ2) is 15.5. The molecule has 0 saturated carbocycles. The van der Waals surface area contributed by atoms with Gasteiger partial charge in [0.25, 0.3) is 0 Å². The Bertz CT molecular complexity index is 390. The SMILES string of the molecule is CCN(C(C)=O)C(CCCC[Si](OC)(OC)OC)CCCC[Si](OC)(OC)OC. The number of carbonyl (C=O) groups is 1. The first-order valence-electron chi connectivity index (χ1n) is 10.4. The normalized spacial score (nSPS) is 12.6. The number of hydrogen-bond donors (Lipinski definition) is 0. The van der Waals surface area contributed by atoms with Crippen LogP contribution in [0.5, 0.6) is 0 Å². The first-order chi connectivity index (χ1) is 13.8. The molecule has 8 nitrogen and oxygen atoms in total. The fourth-order valence-corrected chi connectivity index (χ4v) is 7.34. The number of amides is 1. The van der Waals surface area contributed by atoms with E-state index in [1.54, 1.807) is 49.6 Å². The molecule has 29 heavy (non-hydrogen) atoms. The summed E-state index contributed by atoms with van der Waals surface area (Å²) >= 11 is 0. The molecule has 0 aliphatic carbocycles. The zero-order chi connectivity index (χ0) is 22.3. The van der Waals surface area contributed by atoms with Gasteiger partial charge in [-0.2, -0.15) is 0 Å². The second-order valence-corrected chi connectivity index (χ2v) is 13.2. The van der Waals surface area contributed by atoms with Crippen LogP contribution < -0.4 is 0 Å². The molecule has 0 rings (SSSR count). The Morgan fingerprint density at radius 2 is 1.07 bits per heavy atom. The third-order valence-corrected chi connectivity index (χ3v) is 11.3. The van der Waals surface area contributed by atoms with Crippen LogP contribution in [0.25, 0.3) is 0 Å². The molecule has 0 bridgehead atoms. The van der Waals surface area contributed by atoms with Crippen molar-refractivity contribution in [1.82, 2.24) is 4.90 Å². The quantitative estimate of drug-likeness (QED) is 0.233. The van der Waals surface area contributed by atoms with Gasteiger partial charge in [-0.3, -0.25) is 4.79 Å². The Hall–Kier alpha value is -0.336. The third-order valence-electron chi connectivity index (χ3n) is 5.59. The third kappa shape index (κ3) is 9.56. The monoisotopic (exact) mass is 453 g/mol. The molecule has 0 unspecified atom stereocenters. The van der Waals surface area contributed by atoms with E-state index >= 15 is 0 Å². The van der Waals surface area contributed by atoms with Gasteiger partial charge >= 0.3 is 17.6 Å². The molecular formula is C19H43NO7Si2. The van der Waals surface area contributed by atoms with Crippen molar-refractivity contribution >= 4 is 23.5 Å². The number of unbranched alkanes of at least 4 members (excludes halogenated alkanes) is 2. The molecule has 1 amide bonds. The summed E-state index contributed by atoms with van der Waals surface area (Å²) in [5.41, 5.74) is 0. The molecule has 0 N–H and O–H groups in total. The first kappa shape index (κ1) is 28.7. The molecular weight excluding hydrogens is 410 g/mol. The summed E-state index contributed by atoms with van der Waals surface area (Å²) in [7, 11) is 4.77. The molecule has 0 heterocycles. The van der Waals surface area contributed by atoms with Crippen molar-refractivity contribution in [3.8, 4) is 0 Å². The smallest absolute Gasteiger partial charge is 0.377 e. The minimum atomic E-state index is -2.53. The van der Waals surface area contributed by atoms with Crippen LogP contribution in [-0.2, 0) is 31.4 Å². The Morgan fingerprint density at radius 1 is 0.724 bits per heavy atom. The van der Waals surface area contributed by atoms with E-state index in [-0.39, 0.29) is 11.9 Å². The van der Waals surface area contributed by atoms with E-state index in [0.717, 1.165) is 57.2 Å². The fraction of sp³-hybridized carbons (Fsp3) is 0.947. The molecule has 10 heteroatoms. The van der Waals surface area contributed by atoms with E-state index < -0.39 is 17.6 Å². The topological polar surface area (TPSA) is 75.7 Å². The minimum Gasteiger partial charge on any atom is -0.377 e. The van der Waals surface area contributed by atoms with Crippen LogP contribution in [0.3, 0.4) is 0 Å². The molecule has 0 saturated heterocycles. The molecule has 0 atom stereocenters. The molecule has 0 aromatic carbocycles. The molecule has 0 aromatic rings. The van der Waals surface area contributed by atoms with E-state index in [2.05, 4.69) is 0 Å². The van der Waals surface area contributed by atoms with Crippen molar-refractivity contribution < 1.29 is 31.4 Å². The van der Waals surface area contributed by atoms with Gasteiger partial charge in [0.2, 0.25) is 5.91 Å². The second-order valence-electron chi connectivity index (χ2n) is 7.04. The minimum absolute atomic E-state index is 0.126. The average Bonchev–Trinajstić information content (AvgIpc) is 2.74. The summed E-state index contributed by atoms with van der Waals surface area (Å²) in [5, 5.41) is 0. The summed E-state index contributed by atoms with van der Waals surface area (Å²) in [5.74, 6) is 0.126. The highest BCUT2D eigenvalue weighted by Gasteiger charge is 2.38. The lowest BCUT2D eigenvalue weighted by molar-refractivity contribution is -0.131. The van der Waals surface area contributed by atoms with E-state index in [0.29, 0.717) is 0 Å². The molecule has 174 valence electrons. The lowest BCUT2D eigenvalue weighted by Gasteiger charge is -2.31. The van der Waals surface area contributed by atoms with Crippen LogP contribution in [0.4, 0.5) is 0 Å². The maximum atomic E-state index is 12.1. The van der Waals surface area contributed by atoms with Crippen molar-refractivity contribution in [3.63, 3.8) is 0 Å². The van der Waals surface area contributed by atoms with E-state index in [9.17, 15) is 4.79 Å². The van der Waals surface area contributed by atoms with Gasteiger partial charge in [-0.15, -0.1) is 0 Å². The van der Waals surface area contributed by atoms with Gasteiger partial charge < -0.3 is 31.5 Å². The number of carbonyl (C=O) groups excluding carboxylic acids is 1. The highest BCUT2D eigenvalue weighted by Crippen LogP contribution is 2.23. The van der Waals surface area contributed by atoms with Crippen LogP contribution in [0.1, 0.15) is 52.4 Å². The van der Waals surface area contributed by atoms with Crippen molar-refractivity contribution in [2.75, 3.05) is 49.2 Å². The summed E-state index contributed by atoms with van der Waals surface area (Å²) in [6.45, 7) is 4.40. The largest absolute Gasteiger partial charge is 0.500 e. The molecule has 0 aromatic heterocycles. The van der Waals surface area contributed by atoms with Crippen molar-refractivity contribution in [2.24, 2.45) is 0 Å². The summed E-state index contributed by atoms with van der Waals surface area (Å²) in [6, 6.07) is 1.78. The molecule has 0 spiro atoms. The zero-order valence-electron chi connectivity index (χ0n) is 19.7. The van der Waals surface area contributed by atoms with Gasteiger partial charge in [-0.1, -0.05) is 12.8 Å². The highest BCUT2D eigenvalue weighted by atomic mass is 28.4. The predicted octanol–water partition coefficient (Wildman–Crippen LogP) is 3.32. The van der Waals surface area contributed by atoms with Crippen molar-refractivity contribution in [2.45, 2.75) is 70.5 Å². The zero-order valence-corrected chi connectivity index (χ0v) is 21.7. The molecule has 0 fully saturated rings. The summed E-state index contributed by atoms with van der Waals surface area (Å²) < 4.78 is 32.9. The number of hydrogen-bond acceptors (Lipinski definition) is 7. The molecule has 0 radical (unpaired) electrons. The van der Waals surface area contributed by atoms with E-state index in [1.165, 1.54) is 0 Å². The van der Waals surface area contributed by atoms with Crippen LogP contribution in [0.15, 0.2) is 0 Å². The summed E-state index contributed by atoms with van der Waals surface area (Å²) in [4.78, 5) is 14.1. The summed E-state index contributed by atoms with van der Waals surface area (Å²) in [6.07, 6.45) is 5.78. The Balaban J connectivity index is 4.70. The van der Waals surface area contributed by atoms with E-state index in [4.69, 9.17) is 26.6 Å². The van der Waals surface area contributed by atoms with Gasteiger partial charge in [-0.25, -0.2) is 0 Å². The fourth-order valence-electron chi connectivity index (χ4n) is 3.75. The van der Waals surface area contributed by atoms with Gasteiger partial charge in [0.15, 0.2) is 0 Å². The Kier molecular flexibility index (Phi) is 15.3. The molecule has 0 aliphatic heterocycles. The highest BCUT2D eigenvalue weighted by molar-refractivity contribution is 6.60. The Morgan fingerprint density at radius 3 is 1.31 bits per heavy atom. The maximum Gasteiger partial charge on any atom is 0.500 e. The Labute approximate surface area is 179 Å². The predicted molar refractivity (Wildman–Crippen MR) is 118 cm³/mol. The van der Waals surface area contributed by atoms with Gasteiger partial charge in [0, 0.05) is 74.3 Å². The number of nitrogens with zero attached hydrogens (tertiary/aromatic N) is 1. The first-order valence-corrected chi connectivity index (χ1v) is 14.3. The maximum absolute atomic E-state index is 12.1. The van der Waals surface area contributed by atoms with Crippen molar-refractivity contribution in [3.05, 3.63) is 0 Å². The standard InChI is InChI=1S/C19H43NO7Si2/c1-9-20(18(2)21)19(14-10-12-16-28(22-3,23-4)24-5)15-11-13-17-29(25-6,26-7)27-8/h19H,9-17H2,1-8H3. The van der Waals surface area contributed by atoms with Crippen LogP contribution in [-0.4, -0.2) is 83.7 Å². The average molecular weight is 454 g/mol. The lowest BCUT2D eigenvalue weighted by Crippen LogP contribution is -2.43. The van der Waals surface area contributed by atoms with Gasteiger partial charge in [0.05, 0.1) is 0 Å². The number of rotatable bonds is 18. The van der Waals surface area contributed by atoms with Gasteiger partial charge in [0.1, 0.15) is 0 Å². The van der Waals surface area contributed by atoms with Crippen LogP contribution in [0, 0.1) is 0 Å². The van der Waals surface area contributed by atoms with Gasteiger partial charge in [-0.05, 0) is 32.6 Å². The van der Waals surface area contributed by atoms with Crippen LogP contribution >= 0.6 is 0 Å². The van der Waals surface area contributed by atoms with Crippen LogP contribution in [0.2, 0.25) is 12.1 Å². The lowest BCUT2D eigenvalue weighted by atomic mass is 10.0. The van der Waals surface area contributed by atoms with E-state index in [1.807, 2.05) is 11.8 Å². The molecule has 0 aliphatic rings.